The van der Waals surface area contributed by atoms with Crippen molar-refractivity contribution in [1.82, 2.24) is 14.9 Å². The van der Waals surface area contributed by atoms with Crippen molar-refractivity contribution >= 4 is 5.95 Å². The monoisotopic (exact) mass is 208 g/mol. The first-order valence-electron chi connectivity index (χ1n) is 5.85. The number of hydrogen-bond acceptors (Lipinski definition) is 3. The number of nitrogens with zero attached hydrogens (tertiary/aromatic N) is 3. The molecule has 4 nitrogen and oxygen atoms in total. The van der Waals surface area contributed by atoms with E-state index >= 15 is 0 Å². The number of imidazole rings is 1. The highest BCUT2D eigenvalue weighted by atomic mass is 15.3. The Morgan fingerprint density at radius 2 is 2.40 bits per heavy atom. The molecule has 0 bridgehead atoms. The Morgan fingerprint density at radius 1 is 1.53 bits per heavy atom. The number of nitrogens with one attached hydrogen (secondary N) is 1. The zero-order valence-corrected chi connectivity index (χ0v) is 9.61. The molecular formula is C11H20N4. The van der Waals surface area contributed by atoms with Gasteiger partial charge in [-0.2, -0.15) is 0 Å². The van der Waals surface area contributed by atoms with E-state index in [-0.39, 0.29) is 0 Å². The average Bonchev–Trinajstić information content (AvgIpc) is 2.76. The molecule has 1 fully saturated rings. The lowest BCUT2D eigenvalue weighted by molar-refractivity contribution is 0.453. The van der Waals surface area contributed by atoms with E-state index in [1.807, 2.05) is 6.20 Å². The lowest BCUT2D eigenvalue weighted by atomic mass is 10.1. The summed E-state index contributed by atoms with van der Waals surface area (Å²) in [6.45, 7) is 8.60. The van der Waals surface area contributed by atoms with E-state index in [4.69, 9.17) is 0 Å². The van der Waals surface area contributed by atoms with Crippen LogP contribution in [0.3, 0.4) is 0 Å². The van der Waals surface area contributed by atoms with E-state index in [1.165, 1.54) is 6.42 Å². The van der Waals surface area contributed by atoms with Crippen molar-refractivity contribution < 1.29 is 0 Å². The number of aromatic nitrogens is 2. The van der Waals surface area contributed by atoms with Gasteiger partial charge in [-0.25, -0.2) is 4.98 Å². The van der Waals surface area contributed by atoms with Gasteiger partial charge in [0, 0.05) is 44.6 Å². The Balaban J connectivity index is 2.20. The molecule has 1 aromatic rings. The van der Waals surface area contributed by atoms with Gasteiger partial charge in [0.05, 0.1) is 0 Å². The van der Waals surface area contributed by atoms with Crippen LogP contribution in [0, 0.1) is 0 Å². The summed E-state index contributed by atoms with van der Waals surface area (Å²) in [4.78, 5) is 6.90. The van der Waals surface area contributed by atoms with Crippen LogP contribution >= 0.6 is 0 Å². The Morgan fingerprint density at radius 3 is 3.13 bits per heavy atom. The van der Waals surface area contributed by atoms with Crippen molar-refractivity contribution in [2.24, 2.45) is 0 Å². The molecule has 1 atom stereocenters. The van der Waals surface area contributed by atoms with Gasteiger partial charge in [-0.1, -0.05) is 6.92 Å². The molecule has 1 saturated heterocycles. The average molecular weight is 208 g/mol. The molecule has 4 heteroatoms. The highest BCUT2D eigenvalue weighted by Crippen LogP contribution is 2.17. The second-order valence-corrected chi connectivity index (χ2v) is 3.97. The fraction of sp³-hybridized carbons (Fsp3) is 0.727. The molecule has 0 aliphatic carbocycles. The molecule has 15 heavy (non-hydrogen) atoms. The number of rotatable bonds is 3. The smallest absolute Gasteiger partial charge is 0.205 e. The highest BCUT2D eigenvalue weighted by molar-refractivity contribution is 5.34. The molecule has 0 radical (unpaired) electrons. The largest absolute Gasteiger partial charge is 0.337 e. The van der Waals surface area contributed by atoms with Crippen LogP contribution in [0.4, 0.5) is 5.95 Å². The topological polar surface area (TPSA) is 33.1 Å². The van der Waals surface area contributed by atoms with Crippen molar-refractivity contribution in [3.63, 3.8) is 0 Å². The first-order valence-corrected chi connectivity index (χ1v) is 5.85. The summed E-state index contributed by atoms with van der Waals surface area (Å²) in [5.74, 6) is 1.13. The van der Waals surface area contributed by atoms with Gasteiger partial charge in [0.15, 0.2) is 0 Å². The SMILES string of the molecule is CCC1CNCCN1c1nccn1CC. The van der Waals surface area contributed by atoms with Gasteiger partial charge in [0.25, 0.3) is 0 Å². The van der Waals surface area contributed by atoms with E-state index in [1.54, 1.807) is 0 Å². The summed E-state index contributed by atoms with van der Waals surface area (Å²) < 4.78 is 2.22. The minimum absolute atomic E-state index is 0.589. The molecule has 0 saturated carbocycles. The fourth-order valence-corrected chi connectivity index (χ4v) is 2.20. The number of hydrogen-bond donors (Lipinski definition) is 1. The predicted octanol–water partition coefficient (Wildman–Crippen LogP) is 1.09. The molecule has 0 amide bonds. The normalized spacial score (nSPS) is 22.0. The van der Waals surface area contributed by atoms with Crippen molar-refractivity contribution in [3.05, 3.63) is 12.4 Å². The highest BCUT2D eigenvalue weighted by Gasteiger charge is 2.23. The van der Waals surface area contributed by atoms with Gasteiger partial charge in [0.2, 0.25) is 5.95 Å². The maximum atomic E-state index is 4.47. The number of piperazine rings is 1. The summed E-state index contributed by atoms with van der Waals surface area (Å²) >= 11 is 0. The standard InChI is InChI=1S/C11H20N4/c1-3-10-9-12-5-8-15(10)11-13-6-7-14(11)4-2/h6-7,10,12H,3-5,8-9H2,1-2H3. The second kappa shape index (κ2) is 4.66. The van der Waals surface area contributed by atoms with Crippen LogP contribution in [0.5, 0.6) is 0 Å². The van der Waals surface area contributed by atoms with Crippen LogP contribution in [-0.4, -0.2) is 35.2 Å². The molecular weight excluding hydrogens is 188 g/mol. The first-order chi connectivity index (χ1) is 7.36. The van der Waals surface area contributed by atoms with Crippen molar-refractivity contribution in [1.29, 1.82) is 0 Å². The first kappa shape index (κ1) is 10.5. The van der Waals surface area contributed by atoms with Gasteiger partial charge in [-0.05, 0) is 13.3 Å². The maximum absolute atomic E-state index is 4.47. The van der Waals surface area contributed by atoms with Crippen LogP contribution in [-0.2, 0) is 6.54 Å². The summed E-state index contributed by atoms with van der Waals surface area (Å²) in [5, 5.41) is 3.44. The molecule has 1 N–H and O–H groups in total. The van der Waals surface area contributed by atoms with E-state index in [0.29, 0.717) is 6.04 Å². The van der Waals surface area contributed by atoms with E-state index < -0.39 is 0 Å². The summed E-state index contributed by atoms with van der Waals surface area (Å²) in [5.41, 5.74) is 0. The lowest BCUT2D eigenvalue weighted by Crippen LogP contribution is -2.52. The van der Waals surface area contributed by atoms with Gasteiger partial charge < -0.3 is 14.8 Å². The fourth-order valence-electron chi connectivity index (χ4n) is 2.20. The zero-order chi connectivity index (χ0) is 10.7. The van der Waals surface area contributed by atoms with Crippen molar-refractivity contribution in [3.8, 4) is 0 Å². The third kappa shape index (κ3) is 2.00. The molecule has 1 aliphatic rings. The van der Waals surface area contributed by atoms with Crippen LogP contribution < -0.4 is 10.2 Å². The van der Waals surface area contributed by atoms with Crippen LogP contribution in [0.2, 0.25) is 0 Å². The molecule has 1 unspecified atom stereocenters. The molecule has 1 aliphatic heterocycles. The van der Waals surface area contributed by atoms with E-state index in [0.717, 1.165) is 32.1 Å². The third-order valence-corrected chi connectivity index (χ3v) is 3.11. The predicted molar refractivity (Wildman–Crippen MR) is 62.2 cm³/mol. The molecule has 84 valence electrons. The maximum Gasteiger partial charge on any atom is 0.205 e. The Hall–Kier alpha value is -1.03. The zero-order valence-electron chi connectivity index (χ0n) is 9.61. The van der Waals surface area contributed by atoms with Gasteiger partial charge in [-0.15, -0.1) is 0 Å². The molecule has 2 heterocycles. The van der Waals surface area contributed by atoms with Crippen LogP contribution in [0.1, 0.15) is 20.3 Å². The Bertz CT molecular complexity index is 307. The quantitative estimate of drug-likeness (QED) is 0.807. The minimum atomic E-state index is 0.589. The second-order valence-electron chi connectivity index (χ2n) is 3.97. The van der Waals surface area contributed by atoms with Gasteiger partial charge in [0.1, 0.15) is 0 Å². The minimum Gasteiger partial charge on any atom is -0.337 e. The lowest BCUT2D eigenvalue weighted by Gasteiger charge is -2.36. The molecule has 1 aromatic heterocycles. The Labute approximate surface area is 91.3 Å². The summed E-state index contributed by atoms with van der Waals surface area (Å²) in [6.07, 6.45) is 5.13. The Kier molecular flexibility index (Phi) is 3.26. The van der Waals surface area contributed by atoms with Crippen LogP contribution in [0.25, 0.3) is 0 Å². The van der Waals surface area contributed by atoms with E-state index in [9.17, 15) is 0 Å². The molecule has 0 spiro atoms. The molecule has 2 rings (SSSR count). The molecule has 0 aromatic carbocycles. The van der Waals surface area contributed by atoms with E-state index in [2.05, 4.69) is 39.8 Å². The van der Waals surface area contributed by atoms with Gasteiger partial charge in [-0.3, -0.25) is 0 Å². The summed E-state index contributed by atoms with van der Waals surface area (Å²) in [6, 6.07) is 0.589. The third-order valence-electron chi connectivity index (χ3n) is 3.11. The number of aryl methyl sites for hydroxylation is 1. The van der Waals surface area contributed by atoms with Gasteiger partial charge >= 0.3 is 0 Å². The van der Waals surface area contributed by atoms with Crippen LogP contribution in [0.15, 0.2) is 12.4 Å². The summed E-state index contributed by atoms with van der Waals surface area (Å²) in [7, 11) is 0. The van der Waals surface area contributed by atoms with Crippen molar-refractivity contribution in [2.75, 3.05) is 24.5 Å². The number of anilines is 1. The van der Waals surface area contributed by atoms with Crippen molar-refractivity contribution in [2.45, 2.75) is 32.9 Å².